The van der Waals surface area contributed by atoms with Crippen LogP contribution in [0.2, 0.25) is 0 Å². The summed E-state index contributed by atoms with van der Waals surface area (Å²) in [6.07, 6.45) is 4.24. The summed E-state index contributed by atoms with van der Waals surface area (Å²) in [7, 11) is 0. The van der Waals surface area contributed by atoms with Crippen molar-refractivity contribution in [3.63, 3.8) is 0 Å². The van der Waals surface area contributed by atoms with Crippen molar-refractivity contribution in [1.82, 2.24) is 4.90 Å². The minimum Gasteiger partial charge on any atom is -0.454 e. The van der Waals surface area contributed by atoms with Gasteiger partial charge in [-0.3, -0.25) is 4.79 Å². The van der Waals surface area contributed by atoms with Gasteiger partial charge in [0.25, 0.3) is 0 Å². The molecule has 0 N–H and O–H groups in total. The van der Waals surface area contributed by atoms with E-state index in [1.54, 1.807) is 0 Å². The Morgan fingerprint density at radius 2 is 1.90 bits per heavy atom. The number of benzene rings is 1. The van der Waals surface area contributed by atoms with Crippen LogP contribution in [-0.2, 0) is 17.8 Å². The van der Waals surface area contributed by atoms with Crippen molar-refractivity contribution >= 4 is 5.91 Å². The van der Waals surface area contributed by atoms with Crippen molar-refractivity contribution in [3.8, 4) is 11.5 Å². The summed E-state index contributed by atoms with van der Waals surface area (Å²) in [5.74, 6) is 2.27. The second-order valence-electron chi connectivity index (χ2n) is 6.12. The standard InChI is InChI=1S/C16H19NO3/c1-10-5-12-6-14-15(20-9-19-14)7-13(12)8-17(10)16(18)11-3-2-4-11/h6-7,10-11H,2-5,8-9H2,1H3. The molecule has 0 spiro atoms. The predicted molar refractivity (Wildman–Crippen MR) is 73.6 cm³/mol. The lowest BCUT2D eigenvalue weighted by Gasteiger charge is -2.39. The van der Waals surface area contributed by atoms with E-state index in [1.165, 1.54) is 17.5 Å². The molecule has 1 unspecified atom stereocenters. The molecule has 2 heterocycles. The van der Waals surface area contributed by atoms with Crippen LogP contribution >= 0.6 is 0 Å². The number of nitrogens with zero attached hydrogens (tertiary/aromatic N) is 1. The summed E-state index contributed by atoms with van der Waals surface area (Å²) in [4.78, 5) is 14.6. The maximum absolute atomic E-state index is 12.5. The lowest BCUT2D eigenvalue weighted by molar-refractivity contribution is -0.141. The van der Waals surface area contributed by atoms with Crippen molar-refractivity contribution in [2.24, 2.45) is 5.92 Å². The Morgan fingerprint density at radius 1 is 1.20 bits per heavy atom. The SMILES string of the molecule is CC1Cc2cc3c(cc2CN1C(=O)C1CCC1)OCO3. The van der Waals surface area contributed by atoms with E-state index in [0.29, 0.717) is 19.2 Å². The molecule has 1 aromatic rings. The van der Waals surface area contributed by atoms with E-state index in [9.17, 15) is 4.79 Å². The molecule has 1 aliphatic carbocycles. The van der Waals surface area contributed by atoms with Crippen LogP contribution in [0.4, 0.5) is 0 Å². The number of hydrogen-bond acceptors (Lipinski definition) is 3. The minimum atomic E-state index is 0.271. The van der Waals surface area contributed by atoms with E-state index in [1.807, 2.05) is 11.0 Å². The average Bonchev–Trinajstić information content (AvgIpc) is 2.80. The fraction of sp³-hybridized carbons (Fsp3) is 0.562. The van der Waals surface area contributed by atoms with Crippen molar-refractivity contribution in [3.05, 3.63) is 23.3 Å². The molecule has 0 bridgehead atoms. The highest BCUT2D eigenvalue weighted by Crippen LogP contribution is 2.39. The highest BCUT2D eigenvalue weighted by Gasteiger charge is 2.35. The second-order valence-corrected chi connectivity index (χ2v) is 6.12. The number of carbonyl (C=O) groups is 1. The second kappa shape index (κ2) is 4.40. The molecule has 20 heavy (non-hydrogen) atoms. The number of rotatable bonds is 1. The van der Waals surface area contributed by atoms with E-state index >= 15 is 0 Å². The lowest BCUT2D eigenvalue weighted by Crippen LogP contribution is -2.46. The van der Waals surface area contributed by atoms with Gasteiger partial charge in [0.15, 0.2) is 11.5 Å². The van der Waals surface area contributed by atoms with Crippen LogP contribution in [0.3, 0.4) is 0 Å². The Balaban J connectivity index is 1.62. The normalized spacial score (nSPS) is 24.2. The lowest BCUT2D eigenvalue weighted by atomic mass is 9.83. The first-order chi connectivity index (χ1) is 9.72. The van der Waals surface area contributed by atoms with Crippen LogP contribution in [-0.4, -0.2) is 23.6 Å². The zero-order valence-corrected chi connectivity index (χ0v) is 11.7. The number of fused-ring (bicyclic) bond motifs is 2. The number of hydrogen-bond donors (Lipinski definition) is 0. The summed E-state index contributed by atoms with van der Waals surface area (Å²) in [6, 6.07) is 4.40. The summed E-state index contributed by atoms with van der Waals surface area (Å²) < 4.78 is 10.9. The maximum Gasteiger partial charge on any atom is 0.231 e. The van der Waals surface area contributed by atoms with Crippen molar-refractivity contribution in [2.45, 2.75) is 45.2 Å². The zero-order chi connectivity index (χ0) is 13.7. The quantitative estimate of drug-likeness (QED) is 0.789. The topological polar surface area (TPSA) is 38.8 Å². The first-order valence-corrected chi connectivity index (χ1v) is 7.44. The highest BCUT2D eigenvalue weighted by atomic mass is 16.7. The van der Waals surface area contributed by atoms with E-state index in [-0.39, 0.29) is 12.0 Å². The molecule has 2 aliphatic heterocycles. The number of ether oxygens (including phenoxy) is 2. The maximum atomic E-state index is 12.5. The Hall–Kier alpha value is -1.71. The molecule has 0 saturated heterocycles. The predicted octanol–water partition coefficient (Wildman–Crippen LogP) is 2.49. The largest absolute Gasteiger partial charge is 0.454 e. The molecule has 4 nitrogen and oxygen atoms in total. The minimum absolute atomic E-state index is 0.271. The first kappa shape index (κ1) is 12.1. The summed E-state index contributed by atoms with van der Waals surface area (Å²) in [5.41, 5.74) is 2.50. The number of carbonyl (C=O) groups excluding carboxylic acids is 1. The Labute approximate surface area is 118 Å². The fourth-order valence-electron chi connectivity index (χ4n) is 3.32. The van der Waals surface area contributed by atoms with Gasteiger partial charge in [0.05, 0.1) is 0 Å². The van der Waals surface area contributed by atoms with Gasteiger partial charge >= 0.3 is 0 Å². The molecule has 1 amide bonds. The molecule has 4 rings (SSSR count). The van der Waals surface area contributed by atoms with Gasteiger partial charge < -0.3 is 14.4 Å². The molecule has 1 fully saturated rings. The van der Waals surface area contributed by atoms with Crippen LogP contribution in [0.5, 0.6) is 11.5 Å². The average molecular weight is 273 g/mol. The van der Waals surface area contributed by atoms with Crippen molar-refractivity contribution < 1.29 is 14.3 Å². The van der Waals surface area contributed by atoms with Gasteiger partial charge in [-0.1, -0.05) is 6.42 Å². The third-order valence-electron chi connectivity index (χ3n) is 4.82. The monoisotopic (exact) mass is 273 g/mol. The van der Waals surface area contributed by atoms with Gasteiger partial charge in [-0.05, 0) is 49.4 Å². The molecule has 0 aromatic heterocycles. The van der Waals surface area contributed by atoms with Gasteiger partial charge in [0.2, 0.25) is 12.7 Å². The molecule has 106 valence electrons. The van der Waals surface area contributed by atoms with E-state index in [0.717, 1.165) is 30.8 Å². The first-order valence-electron chi connectivity index (χ1n) is 7.44. The van der Waals surface area contributed by atoms with E-state index in [4.69, 9.17) is 9.47 Å². The van der Waals surface area contributed by atoms with Gasteiger partial charge in [-0.15, -0.1) is 0 Å². The number of amides is 1. The molecule has 4 heteroatoms. The fourth-order valence-corrected chi connectivity index (χ4v) is 3.32. The Bertz CT molecular complexity index is 565. The smallest absolute Gasteiger partial charge is 0.231 e. The van der Waals surface area contributed by atoms with Crippen LogP contribution in [0.15, 0.2) is 12.1 Å². The zero-order valence-electron chi connectivity index (χ0n) is 11.7. The van der Waals surface area contributed by atoms with Gasteiger partial charge in [-0.2, -0.15) is 0 Å². The molecular formula is C16H19NO3. The Morgan fingerprint density at radius 3 is 2.55 bits per heavy atom. The van der Waals surface area contributed by atoms with Crippen molar-refractivity contribution in [1.29, 1.82) is 0 Å². The van der Waals surface area contributed by atoms with E-state index < -0.39 is 0 Å². The van der Waals surface area contributed by atoms with Gasteiger partial charge in [0.1, 0.15) is 0 Å². The molecule has 1 saturated carbocycles. The summed E-state index contributed by atoms with van der Waals surface area (Å²) in [6.45, 7) is 3.16. The summed E-state index contributed by atoms with van der Waals surface area (Å²) in [5, 5.41) is 0. The van der Waals surface area contributed by atoms with Crippen LogP contribution in [0.1, 0.15) is 37.3 Å². The molecular weight excluding hydrogens is 254 g/mol. The van der Waals surface area contributed by atoms with Gasteiger partial charge in [-0.25, -0.2) is 0 Å². The molecule has 3 aliphatic rings. The van der Waals surface area contributed by atoms with E-state index in [2.05, 4.69) is 13.0 Å². The van der Waals surface area contributed by atoms with Gasteiger partial charge in [0, 0.05) is 18.5 Å². The Kier molecular flexibility index (Phi) is 2.65. The van der Waals surface area contributed by atoms with Crippen LogP contribution in [0, 0.1) is 5.92 Å². The molecule has 1 atom stereocenters. The third-order valence-corrected chi connectivity index (χ3v) is 4.82. The van der Waals surface area contributed by atoms with Crippen LogP contribution < -0.4 is 9.47 Å². The summed E-state index contributed by atoms with van der Waals surface area (Å²) >= 11 is 0. The van der Waals surface area contributed by atoms with Crippen LogP contribution in [0.25, 0.3) is 0 Å². The third kappa shape index (κ3) is 1.78. The molecule has 1 aromatic carbocycles. The molecule has 0 radical (unpaired) electrons. The highest BCUT2D eigenvalue weighted by molar-refractivity contribution is 5.80. The van der Waals surface area contributed by atoms with Crippen molar-refractivity contribution in [2.75, 3.05) is 6.79 Å².